The molecule has 26 heavy (non-hydrogen) atoms. The van der Waals surface area contributed by atoms with E-state index in [0.29, 0.717) is 19.7 Å². The van der Waals surface area contributed by atoms with Gasteiger partial charge in [-0.25, -0.2) is 4.79 Å². The fourth-order valence-corrected chi connectivity index (χ4v) is 4.25. The lowest BCUT2D eigenvalue weighted by Crippen LogP contribution is -2.41. The summed E-state index contributed by atoms with van der Waals surface area (Å²) in [6, 6.07) is 16.7. The van der Waals surface area contributed by atoms with E-state index < -0.39 is 0 Å². The first-order valence-electron chi connectivity index (χ1n) is 9.43. The zero-order chi connectivity index (χ0) is 18.1. The van der Waals surface area contributed by atoms with Gasteiger partial charge in [0.2, 0.25) is 0 Å². The topological polar surface area (TPSA) is 49.8 Å². The Hall–Kier alpha value is -2.33. The lowest BCUT2D eigenvalue weighted by Gasteiger charge is -2.32. The van der Waals surface area contributed by atoms with Crippen molar-refractivity contribution in [2.45, 2.75) is 31.8 Å². The monoisotopic (exact) mass is 351 g/mol. The second-order valence-corrected chi connectivity index (χ2v) is 7.37. The molecular weight excluding hydrogens is 326 g/mol. The molecule has 136 valence electrons. The van der Waals surface area contributed by atoms with Gasteiger partial charge in [-0.3, -0.25) is 0 Å². The number of hydrogen-bond acceptors (Lipinski definition) is 3. The maximum atomic E-state index is 12.5. The highest BCUT2D eigenvalue weighted by molar-refractivity contribution is 5.79. The SMILES string of the molecule is C[C@@H](O)C1CCN(C(=O)OCC2c3ccccc3-c3ccccc32)CC1. The molecule has 2 aromatic rings. The van der Waals surface area contributed by atoms with Crippen molar-refractivity contribution in [3.8, 4) is 11.1 Å². The Labute approximate surface area is 154 Å². The van der Waals surface area contributed by atoms with Crippen molar-refractivity contribution in [3.63, 3.8) is 0 Å². The number of fused-ring (bicyclic) bond motifs is 3. The molecule has 1 aliphatic carbocycles. The number of carbonyl (C=O) groups excluding carboxylic acids is 1. The van der Waals surface area contributed by atoms with Gasteiger partial charge < -0.3 is 14.7 Å². The van der Waals surface area contributed by atoms with Crippen molar-refractivity contribution in [3.05, 3.63) is 59.7 Å². The van der Waals surface area contributed by atoms with E-state index in [0.717, 1.165) is 12.8 Å². The predicted octanol–water partition coefficient (Wildman–Crippen LogP) is 4.03. The number of piperidine rings is 1. The van der Waals surface area contributed by atoms with E-state index in [1.807, 2.05) is 19.1 Å². The maximum absolute atomic E-state index is 12.5. The van der Waals surface area contributed by atoms with Gasteiger partial charge in [0.1, 0.15) is 6.61 Å². The van der Waals surface area contributed by atoms with Crippen molar-refractivity contribution < 1.29 is 14.6 Å². The molecule has 1 atom stereocenters. The van der Waals surface area contributed by atoms with Crippen LogP contribution in [-0.2, 0) is 4.74 Å². The highest BCUT2D eigenvalue weighted by Crippen LogP contribution is 2.44. The van der Waals surface area contributed by atoms with Crippen LogP contribution in [0.15, 0.2) is 48.5 Å². The lowest BCUT2D eigenvalue weighted by atomic mass is 9.92. The summed E-state index contributed by atoms with van der Waals surface area (Å²) in [6.45, 7) is 3.51. The first kappa shape index (κ1) is 17.1. The molecule has 4 nitrogen and oxygen atoms in total. The smallest absolute Gasteiger partial charge is 0.409 e. The second kappa shape index (κ2) is 7.12. The number of hydrogen-bond donors (Lipinski definition) is 1. The Morgan fingerprint density at radius 2 is 1.62 bits per heavy atom. The number of benzene rings is 2. The van der Waals surface area contributed by atoms with Crippen molar-refractivity contribution in [1.29, 1.82) is 0 Å². The van der Waals surface area contributed by atoms with Crippen LogP contribution < -0.4 is 0 Å². The van der Waals surface area contributed by atoms with Crippen LogP contribution >= 0.6 is 0 Å². The Morgan fingerprint density at radius 3 is 2.15 bits per heavy atom. The van der Waals surface area contributed by atoms with Gasteiger partial charge >= 0.3 is 6.09 Å². The van der Waals surface area contributed by atoms with E-state index in [9.17, 15) is 9.90 Å². The first-order valence-corrected chi connectivity index (χ1v) is 9.43. The molecule has 0 radical (unpaired) electrons. The van der Waals surface area contributed by atoms with E-state index in [4.69, 9.17) is 4.74 Å². The molecule has 0 bridgehead atoms. The maximum Gasteiger partial charge on any atom is 0.409 e. The van der Waals surface area contributed by atoms with Crippen LogP contribution in [0.2, 0.25) is 0 Å². The van der Waals surface area contributed by atoms with Crippen molar-refractivity contribution in [1.82, 2.24) is 4.90 Å². The van der Waals surface area contributed by atoms with Crippen LogP contribution in [0.5, 0.6) is 0 Å². The van der Waals surface area contributed by atoms with E-state index in [-0.39, 0.29) is 24.0 Å². The molecule has 0 aromatic heterocycles. The molecule has 0 spiro atoms. The third kappa shape index (κ3) is 3.10. The van der Waals surface area contributed by atoms with E-state index in [2.05, 4.69) is 36.4 Å². The molecule has 1 heterocycles. The predicted molar refractivity (Wildman–Crippen MR) is 101 cm³/mol. The van der Waals surface area contributed by atoms with Gasteiger partial charge in [-0.2, -0.15) is 0 Å². The summed E-state index contributed by atoms with van der Waals surface area (Å²) < 4.78 is 5.70. The highest BCUT2D eigenvalue weighted by atomic mass is 16.6. The summed E-state index contributed by atoms with van der Waals surface area (Å²) in [4.78, 5) is 14.3. The summed E-state index contributed by atoms with van der Waals surface area (Å²) in [6.07, 6.45) is 1.12. The molecule has 4 heteroatoms. The number of likely N-dealkylation sites (tertiary alicyclic amines) is 1. The summed E-state index contributed by atoms with van der Waals surface area (Å²) in [5.74, 6) is 0.383. The molecule has 1 N–H and O–H groups in total. The van der Waals surface area contributed by atoms with Gasteiger partial charge in [-0.05, 0) is 47.9 Å². The molecule has 2 aromatic carbocycles. The number of rotatable bonds is 3. The quantitative estimate of drug-likeness (QED) is 0.908. The Morgan fingerprint density at radius 1 is 1.08 bits per heavy atom. The summed E-state index contributed by atoms with van der Waals surface area (Å²) >= 11 is 0. The summed E-state index contributed by atoms with van der Waals surface area (Å²) in [5.41, 5.74) is 4.94. The Kier molecular flexibility index (Phi) is 4.68. The number of aliphatic hydroxyl groups excluding tert-OH is 1. The van der Waals surface area contributed by atoms with E-state index in [1.54, 1.807) is 4.90 Å². The summed E-state index contributed by atoms with van der Waals surface area (Å²) in [5, 5.41) is 9.70. The molecule has 1 aliphatic heterocycles. The highest BCUT2D eigenvalue weighted by Gasteiger charge is 2.31. The van der Waals surface area contributed by atoms with Crippen molar-refractivity contribution in [2.75, 3.05) is 19.7 Å². The third-order valence-corrected chi connectivity index (χ3v) is 5.82. The Balaban J connectivity index is 1.43. The number of amides is 1. The lowest BCUT2D eigenvalue weighted by molar-refractivity contribution is 0.0544. The van der Waals surface area contributed by atoms with Crippen LogP contribution in [0, 0.1) is 5.92 Å². The van der Waals surface area contributed by atoms with Gasteiger partial charge in [-0.1, -0.05) is 48.5 Å². The first-order chi connectivity index (χ1) is 12.6. The van der Waals surface area contributed by atoms with Gasteiger partial charge in [0, 0.05) is 19.0 Å². The van der Waals surface area contributed by atoms with E-state index >= 15 is 0 Å². The van der Waals surface area contributed by atoms with Crippen LogP contribution in [0.1, 0.15) is 36.8 Å². The Bertz CT molecular complexity index is 748. The number of ether oxygens (including phenoxy) is 1. The fraction of sp³-hybridized carbons (Fsp3) is 0.409. The molecule has 0 saturated carbocycles. The third-order valence-electron chi connectivity index (χ3n) is 5.82. The molecule has 2 aliphatic rings. The molecule has 1 fully saturated rings. The number of carbonyl (C=O) groups is 1. The van der Waals surface area contributed by atoms with Crippen molar-refractivity contribution >= 4 is 6.09 Å². The van der Waals surface area contributed by atoms with Crippen molar-refractivity contribution in [2.24, 2.45) is 5.92 Å². The molecule has 1 saturated heterocycles. The minimum absolute atomic E-state index is 0.0985. The number of aliphatic hydroxyl groups is 1. The molecule has 4 rings (SSSR count). The average Bonchev–Trinajstić information content (AvgIpc) is 3.00. The van der Waals surface area contributed by atoms with Gasteiger partial charge in [0.15, 0.2) is 0 Å². The minimum atomic E-state index is -0.306. The normalized spacial score (nSPS) is 18.3. The molecule has 1 amide bonds. The fourth-order valence-electron chi connectivity index (χ4n) is 4.25. The second-order valence-electron chi connectivity index (χ2n) is 7.37. The standard InChI is InChI=1S/C22H25NO3/c1-15(24)16-10-12-23(13-11-16)22(25)26-14-21-19-8-4-2-6-17(19)18-7-3-5-9-20(18)21/h2-9,15-16,21,24H,10-14H2,1H3/t15-/m1/s1. The van der Waals surface area contributed by atoms with Crippen LogP contribution in [0.3, 0.4) is 0 Å². The molecule has 0 unspecified atom stereocenters. The van der Waals surface area contributed by atoms with Gasteiger partial charge in [-0.15, -0.1) is 0 Å². The number of nitrogens with zero attached hydrogens (tertiary/aromatic N) is 1. The molecular formula is C22H25NO3. The van der Waals surface area contributed by atoms with Gasteiger partial charge in [0.05, 0.1) is 6.10 Å². The van der Waals surface area contributed by atoms with Crippen LogP contribution in [0.25, 0.3) is 11.1 Å². The minimum Gasteiger partial charge on any atom is -0.448 e. The largest absolute Gasteiger partial charge is 0.448 e. The van der Waals surface area contributed by atoms with Crippen LogP contribution in [0.4, 0.5) is 4.79 Å². The summed E-state index contributed by atoms with van der Waals surface area (Å²) in [7, 11) is 0. The van der Waals surface area contributed by atoms with Gasteiger partial charge in [0.25, 0.3) is 0 Å². The van der Waals surface area contributed by atoms with E-state index in [1.165, 1.54) is 22.3 Å². The zero-order valence-corrected chi connectivity index (χ0v) is 15.1. The zero-order valence-electron chi connectivity index (χ0n) is 15.1. The average molecular weight is 351 g/mol. The van der Waals surface area contributed by atoms with Crippen LogP contribution in [-0.4, -0.2) is 41.9 Å².